The fourth-order valence-corrected chi connectivity index (χ4v) is 2.65. The molecule has 92 valence electrons. The van der Waals surface area contributed by atoms with E-state index in [1.807, 2.05) is 16.8 Å². The van der Waals surface area contributed by atoms with Gasteiger partial charge in [-0.3, -0.25) is 0 Å². The highest BCUT2D eigenvalue weighted by molar-refractivity contribution is 7.08. The third-order valence-electron chi connectivity index (χ3n) is 2.92. The summed E-state index contributed by atoms with van der Waals surface area (Å²) in [6.07, 6.45) is 1.60. The Bertz CT molecular complexity index is 882. The molecule has 0 N–H and O–H groups in total. The predicted molar refractivity (Wildman–Crippen MR) is 71.6 cm³/mol. The first kappa shape index (κ1) is 10.6. The number of aromatic nitrogens is 4. The molecule has 0 amide bonds. The molecule has 0 aliphatic heterocycles. The number of hydrogen-bond donors (Lipinski definition) is 0. The van der Waals surface area contributed by atoms with Gasteiger partial charge in [0.05, 0.1) is 5.52 Å². The normalized spacial score (nSPS) is 11.4. The van der Waals surface area contributed by atoms with Gasteiger partial charge in [0, 0.05) is 16.3 Å². The van der Waals surface area contributed by atoms with Gasteiger partial charge in [-0.1, -0.05) is 0 Å². The van der Waals surface area contributed by atoms with Gasteiger partial charge in [-0.25, -0.2) is 18.9 Å². The van der Waals surface area contributed by atoms with Crippen molar-refractivity contribution in [3.63, 3.8) is 0 Å². The first-order chi connectivity index (χ1) is 9.31. The second-order valence-corrected chi connectivity index (χ2v) is 4.90. The molecule has 19 heavy (non-hydrogen) atoms. The van der Waals surface area contributed by atoms with Crippen molar-refractivity contribution < 1.29 is 4.39 Å². The molecule has 0 saturated carbocycles. The minimum atomic E-state index is -0.303. The Morgan fingerprint density at radius 3 is 3.00 bits per heavy atom. The number of halogens is 1. The lowest BCUT2D eigenvalue weighted by atomic mass is 10.2. The average molecular weight is 270 g/mol. The highest BCUT2D eigenvalue weighted by Gasteiger charge is 2.10. The minimum absolute atomic E-state index is 0.303. The van der Waals surface area contributed by atoms with Gasteiger partial charge in [-0.2, -0.15) is 11.3 Å². The van der Waals surface area contributed by atoms with Gasteiger partial charge in [-0.15, -0.1) is 5.10 Å². The lowest BCUT2D eigenvalue weighted by Crippen LogP contribution is -1.91. The monoisotopic (exact) mass is 270 g/mol. The Morgan fingerprint density at radius 2 is 2.16 bits per heavy atom. The molecular weight excluding hydrogens is 263 g/mol. The Labute approximate surface area is 111 Å². The summed E-state index contributed by atoms with van der Waals surface area (Å²) in [5.41, 5.74) is 2.28. The molecule has 0 unspecified atom stereocenters. The third kappa shape index (κ3) is 1.61. The van der Waals surface area contributed by atoms with Crippen LogP contribution in [0.2, 0.25) is 0 Å². The zero-order chi connectivity index (χ0) is 12.8. The molecule has 0 saturated heterocycles. The van der Waals surface area contributed by atoms with Crippen LogP contribution in [-0.2, 0) is 0 Å². The van der Waals surface area contributed by atoms with Crippen LogP contribution in [0.5, 0.6) is 0 Å². The smallest absolute Gasteiger partial charge is 0.183 e. The summed E-state index contributed by atoms with van der Waals surface area (Å²) in [6.45, 7) is 0. The fourth-order valence-electron chi connectivity index (χ4n) is 2.02. The number of fused-ring (bicyclic) bond motifs is 3. The van der Waals surface area contributed by atoms with Crippen molar-refractivity contribution in [1.29, 1.82) is 0 Å². The van der Waals surface area contributed by atoms with Crippen LogP contribution in [0, 0.1) is 5.82 Å². The first-order valence-corrected chi connectivity index (χ1v) is 6.59. The van der Waals surface area contributed by atoms with E-state index in [-0.39, 0.29) is 5.82 Å². The van der Waals surface area contributed by atoms with Gasteiger partial charge in [0.2, 0.25) is 0 Å². The predicted octanol–water partition coefficient (Wildman–Crippen LogP) is 3.15. The second-order valence-electron chi connectivity index (χ2n) is 4.12. The highest BCUT2D eigenvalue weighted by atomic mass is 32.1. The number of hydrogen-bond acceptors (Lipinski definition) is 4. The molecule has 3 heterocycles. The van der Waals surface area contributed by atoms with Crippen LogP contribution in [0.1, 0.15) is 0 Å². The molecule has 0 bridgehead atoms. The molecule has 0 aliphatic carbocycles. The summed E-state index contributed by atoms with van der Waals surface area (Å²) in [6, 6.07) is 6.42. The Kier molecular flexibility index (Phi) is 2.13. The highest BCUT2D eigenvalue weighted by Crippen LogP contribution is 2.22. The molecule has 0 spiro atoms. The SMILES string of the molecule is Fc1ccc2ncn3nc(-c4ccsc4)nc3c2c1. The van der Waals surface area contributed by atoms with Gasteiger partial charge < -0.3 is 0 Å². The van der Waals surface area contributed by atoms with E-state index in [0.717, 1.165) is 5.56 Å². The van der Waals surface area contributed by atoms with E-state index in [9.17, 15) is 4.39 Å². The summed E-state index contributed by atoms with van der Waals surface area (Å²) < 4.78 is 14.9. The van der Waals surface area contributed by atoms with Gasteiger partial charge in [0.15, 0.2) is 11.5 Å². The molecular formula is C13H7FN4S. The quantitative estimate of drug-likeness (QED) is 0.533. The zero-order valence-corrected chi connectivity index (χ0v) is 10.4. The van der Waals surface area contributed by atoms with E-state index in [2.05, 4.69) is 15.1 Å². The van der Waals surface area contributed by atoms with Crippen LogP contribution in [0.3, 0.4) is 0 Å². The molecule has 1 aromatic carbocycles. The van der Waals surface area contributed by atoms with Gasteiger partial charge in [-0.05, 0) is 29.6 Å². The average Bonchev–Trinajstić information content (AvgIpc) is 3.07. The van der Waals surface area contributed by atoms with Crippen LogP contribution in [0.15, 0.2) is 41.4 Å². The van der Waals surface area contributed by atoms with Crippen molar-refractivity contribution >= 4 is 27.9 Å². The molecule has 4 rings (SSSR count). The number of rotatable bonds is 1. The lowest BCUT2D eigenvalue weighted by Gasteiger charge is -1.97. The molecule has 0 fully saturated rings. The summed E-state index contributed by atoms with van der Waals surface area (Å²) in [7, 11) is 0. The molecule has 4 aromatic rings. The van der Waals surface area contributed by atoms with Gasteiger partial charge >= 0.3 is 0 Å². The van der Waals surface area contributed by atoms with Crippen LogP contribution < -0.4 is 0 Å². The molecule has 4 nitrogen and oxygen atoms in total. The minimum Gasteiger partial charge on any atom is -0.236 e. The van der Waals surface area contributed by atoms with Crippen LogP contribution in [0.25, 0.3) is 27.9 Å². The maximum atomic E-state index is 13.4. The van der Waals surface area contributed by atoms with E-state index in [4.69, 9.17) is 0 Å². The lowest BCUT2D eigenvalue weighted by molar-refractivity contribution is 0.629. The van der Waals surface area contributed by atoms with Crippen molar-refractivity contribution in [2.45, 2.75) is 0 Å². The van der Waals surface area contributed by atoms with E-state index in [0.29, 0.717) is 22.4 Å². The van der Waals surface area contributed by atoms with E-state index in [1.54, 1.807) is 28.2 Å². The Hall–Kier alpha value is -2.34. The van der Waals surface area contributed by atoms with Crippen LogP contribution in [0.4, 0.5) is 4.39 Å². The maximum Gasteiger partial charge on any atom is 0.183 e. The van der Waals surface area contributed by atoms with Crippen molar-refractivity contribution in [1.82, 2.24) is 19.6 Å². The van der Waals surface area contributed by atoms with Crippen molar-refractivity contribution in [2.24, 2.45) is 0 Å². The van der Waals surface area contributed by atoms with Crippen molar-refractivity contribution in [3.8, 4) is 11.4 Å². The standard InChI is InChI=1S/C13H7FN4S/c14-9-1-2-11-10(5-9)13-16-12(8-3-4-19-6-8)17-18(13)7-15-11/h1-7H. The fraction of sp³-hybridized carbons (Fsp3) is 0. The van der Waals surface area contributed by atoms with Crippen LogP contribution in [-0.4, -0.2) is 19.6 Å². The number of nitrogens with zero attached hydrogens (tertiary/aromatic N) is 4. The second kappa shape index (κ2) is 3.83. The molecule has 6 heteroatoms. The largest absolute Gasteiger partial charge is 0.236 e. The van der Waals surface area contributed by atoms with Crippen molar-refractivity contribution in [2.75, 3.05) is 0 Å². The third-order valence-corrected chi connectivity index (χ3v) is 3.60. The summed E-state index contributed by atoms with van der Waals surface area (Å²) in [5, 5.41) is 8.97. The van der Waals surface area contributed by atoms with E-state index >= 15 is 0 Å². The number of thiophene rings is 1. The van der Waals surface area contributed by atoms with E-state index < -0.39 is 0 Å². The van der Waals surface area contributed by atoms with Gasteiger partial charge in [0.1, 0.15) is 12.1 Å². The number of benzene rings is 1. The van der Waals surface area contributed by atoms with Crippen LogP contribution >= 0.6 is 11.3 Å². The molecule has 0 aliphatic rings. The molecule has 0 atom stereocenters. The van der Waals surface area contributed by atoms with Gasteiger partial charge in [0.25, 0.3) is 0 Å². The summed E-state index contributed by atoms with van der Waals surface area (Å²) in [4.78, 5) is 8.72. The molecule has 3 aromatic heterocycles. The van der Waals surface area contributed by atoms with E-state index in [1.165, 1.54) is 12.1 Å². The summed E-state index contributed by atoms with van der Waals surface area (Å²) >= 11 is 1.59. The Balaban J connectivity index is 2.07. The topological polar surface area (TPSA) is 43.1 Å². The first-order valence-electron chi connectivity index (χ1n) is 5.64. The Morgan fingerprint density at radius 1 is 1.21 bits per heavy atom. The maximum absolute atomic E-state index is 13.4. The van der Waals surface area contributed by atoms with Crippen molar-refractivity contribution in [3.05, 3.63) is 47.2 Å². The zero-order valence-electron chi connectivity index (χ0n) is 9.62. The summed E-state index contributed by atoms with van der Waals surface area (Å²) in [5.74, 6) is 0.322. The molecule has 0 radical (unpaired) electrons.